The van der Waals surface area contributed by atoms with Crippen LogP contribution in [0.15, 0.2) is 4.52 Å². The maximum absolute atomic E-state index is 5.04. The number of nitrogens with zero attached hydrogens (tertiary/aromatic N) is 8. The first-order valence-corrected chi connectivity index (χ1v) is 8.62. The molecule has 2 aromatic rings. The van der Waals surface area contributed by atoms with Crippen LogP contribution < -0.4 is 0 Å². The number of aryl methyl sites for hydroxylation is 2. The predicted molar refractivity (Wildman–Crippen MR) is 86.9 cm³/mol. The summed E-state index contributed by atoms with van der Waals surface area (Å²) >= 11 is 0. The topological polar surface area (TPSA) is 89.0 Å². The fraction of sp³-hybridized carbons (Fsp3) is 0.800. The van der Waals surface area contributed by atoms with Gasteiger partial charge in [0.2, 0.25) is 5.89 Å². The van der Waals surface area contributed by atoms with Crippen LogP contribution in [0.4, 0.5) is 0 Å². The molecule has 0 aliphatic carbocycles. The molecule has 132 valence electrons. The van der Waals surface area contributed by atoms with E-state index in [1.165, 1.54) is 0 Å². The average molecular weight is 334 g/mol. The maximum Gasteiger partial charge on any atom is 0.223 e. The molecule has 0 radical (unpaired) electrons. The predicted octanol–water partition coefficient (Wildman–Crippen LogP) is 0.871. The molecule has 9 nitrogen and oxygen atoms in total. The standard InChI is InChI=1S/C15H26N8O/c1-4-5-7-23-15(17-19-20-23)11-22-8-6-13(9-22)21(3)10-14-16-12(2)24-18-14/h13H,4-11H2,1-3H3. The molecule has 1 saturated heterocycles. The van der Waals surface area contributed by atoms with Gasteiger partial charge in [0.15, 0.2) is 11.6 Å². The van der Waals surface area contributed by atoms with E-state index >= 15 is 0 Å². The minimum absolute atomic E-state index is 0.490. The fourth-order valence-electron chi connectivity index (χ4n) is 3.09. The molecule has 1 unspecified atom stereocenters. The van der Waals surface area contributed by atoms with Gasteiger partial charge in [0, 0.05) is 32.6 Å². The highest BCUT2D eigenvalue weighted by atomic mass is 16.5. The van der Waals surface area contributed by atoms with Gasteiger partial charge in [0.05, 0.1) is 13.1 Å². The summed E-state index contributed by atoms with van der Waals surface area (Å²) in [5.74, 6) is 2.32. The van der Waals surface area contributed by atoms with E-state index in [2.05, 4.69) is 49.4 Å². The molecule has 2 aromatic heterocycles. The number of likely N-dealkylation sites (tertiary alicyclic amines) is 1. The van der Waals surface area contributed by atoms with Crippen molar-refractivity contribution in [1.82, 2.24) is 40.1 Å². The monoisotopic (exact) mass is 334 g/mol. The highest BCUT2D eigenvalue weighted by Gasteiger charge is 2.27. The van der Waals surface area contributed by atoms with Gasteiger partial charge < -0.3 is 4.52 Å². The van der Waals surface area contributed by atoms with Crippen molar-refractivity contribution in [2.75, 3.05) is 20.1 Å². The highest BCUT2D eigenvalue weighted by molar-refractivity contribution is 4.90. The first kappa shape index (κ1) is 17.0. The molecule has 3 heterocycles. The van der Waals surface area contributed by atoms with Gasteiger partial charge in [0.1, 0.15) is 0 Å². The summed E-state index contributed by atoms with van der Waals surface area (Å²) in [6.07, 6.45) is 3.38. The van der Waals surface area contributed by atoms with Crippen LogP contribution in [0, 0.1) is 6.92 Å². The Bertz CT molecular complexity index is 639. The lowest BCUT2D eigenvalue weighted by molar-refractivity contribution is 0.213. The van der Waals surface area contributed by atoms with Crippen LogP contribution >= 0.6 is 0 Å². The first-order valence-electron chi connectivity index (χ1n) is 8.62. The summed E-state index contributed by atoms with van der Waals surface area (Å²) in [5, 5.41) is 16.1. The highest BCUT2D eigenvalue weighted by Crippen LogP contribution is 2.17. The van der Waals surface area contributed by atoms with Gasteiger partial charge in [-0.25, -0.2) is 4.68 Å². The molecule has 9 heteroatoms. The molecule has 0 amide bonds. The van der Waals surface area contributed by atoms with Crippen molar-refractivity contribution in [3.63, 3.8) is 0 Å². The van der Waals surface area contributed by atoms with Crippen LogP contribution in [0.25, 0.3) is 0 Å². The third-order valence-corrected chi connectivity index (χ3v) is 4.53. The summed E-state index contributed by atoms with van der Waals surface area (Å²) < 4.78 is 6.97. The molecule has 0 saturated carbocycles. The molecular formula is C15H26N8O. The first-order chi connectivity index (χ1) is 11.7. The third-order valence-electron chi connectivity index (χ3n) is 4.53. The van der Waals surface area contributed by atoms with E-state index in [-0.39, 0.29) is 0 Å². The van der Waals surface area contributed by atoms with Gasteiger partial charge in [0.25, 0.3) is 0 Å². The number of hydrogen-bond acceptors (Lipinski definition) is 8. The Morgan fingerprint density at radius 3 is 3.00 bits per heavy atom. The summed E-state index contributed by atoms with van der Waals surface area (Å²) in [7, 11) is 2.12. The number of unbranched alkanes of at least 4 members (excludes halogenated alkanes) is 1. The average Bonchev–Trinajstić information content (AvgIpc) is 3.28. The number of tetrazole rings is 1. The Kier molecular flexibility index (Phi) is 5.52. The summed E-state index contributed by atoms with van der Waals surface area (Å²) in [6.45, 7) is 8.47. The molecule has 1 atom stereocenters. The molecule has 1 aliphatic rings. The Labute approximate surface area is 142 Å². The molecule has 0 N–H and O–H groups in total. The number of hydrogen-bond donors (Lipinski definition) is 0. The number of likely N-dealkylation sites (N-methyl/N-ethyl adjacent to an activating group) is 1. The lowest BCUT2D eigenvalue weighted by Gasteiger charge is -2.23. The van der Waals surface area contributed by atoms with Crippen molar-refractivity contribution < 1.29 is 4.52 Å². The van der Waals surface area contributed by atoms with Crippen LogP contribution in [0.5, 0.6) is 0 Å². The van der Waals surface area contributed by atoms with Crippen molar-refractivity contribution in [1.29, 1.82) is 0 Å². The van der Waals surface area contributed by atoms with Crippen LogP contribution in [-0.2, 0) is 19.6 Å². The quantitative estimate of drug-likeness (QED) is 0.702. The Morgan fingerprint density at radius 2 is 2.25 bits per heavy atom. The lowest BCUT2D eigenvalue weighted by Crippen LogP contribution is -2.34. The van der Waals surface area contributed by atoms with E-state index in [1.54, 1.807) is 0 Å². The SMILES string of the molecule is CCCCn1nnnc1CN1CCC(N(C)Cc2noc(C)n2)C1. The minimum atomic E-state index is 0.490. The molecule has 3 rings (SSSR count). The largest absolute Gasteiger partial charge is 0.340 e. The van der Waals surface area contributed by atoms with E-state index in [0.717, 1.165) is 57.1 Å². The molecule has 24 heavy (non-hydrogen) atoms. The van der Waals surface area contributed by atoms with Gasteiger partial charge in [-0.05, 0) is 30.3 Å². The Hall–Kier alpha value is -1.87. The number of aromatic nitrogens is 6. The van der Waals surface area contributed by atoms with Crippen LogP contribution in [0.1, 0.15) is 43.7 Å². The van der Waals surface area contributed by atoms with Gasteiger partial charge in [-0.15, -0.1) is 5.10 Å². The van der Waals surface area contributed by atoms with Gasteiger partial charge in [-0.3, -0.25) is 9.80 Å². The van der Waals surface area contributed by atoms with E-state index in [4.69, 9.17) is 4.52 Å². The van der Waals surface area contributed by atoms with E-state index in [1.807, 2.05) is 11.6 Å². The van der Waals surface area contributed by atoms with E-state index in [0.29, 0.717) is 18.5 Å². The molecule has 1 aliphatic heterocycles. The second kappa shape index (κ2) is 7.80. The Morgan fingerprint density at radius 1 is 1.38 bits per heavy atom. The van der Waals surface area contributed by atoms with Crippen molar-refractivity contribution in [2.24, 2.45) is 0 Å². The van der Waals surface area contributed by atoms with Crippen molar-refractivity contribution in [3.8, 4) is 0 Å². The second-order valence-electron chi connectivity index (χ2n) is 6.49. The fourth-order valence-corrected chi connectivity index (χ4v) is 3.09. The van der Waals surface area contributed by atoms with Crippen molar-refractivity contribution in [3.05, 3.63) is 17.5 Å². The zero-order valence-electron chi connectivity index (χ0n) is 14.7. The molecule has 0 spiro atoms. The van der Waals surface area contributed by atoms with Gasteiger partial charge >= 0.3 is 0 Å². The van der Waals surface area contributed by atoms with E-state index < -0.39 is 0 Å². The van der Waals surface area contributed by atoms with Gasteiger partial charge in [-0.1, -0.05) is 18.5 Å². The van der Waals surface area contributed by atoms with Crippen molar-refractivity contribution in [2.45, 2.75) is 58.8 Å². The smallest absolute Gasteiger partial charge is 0.223 e. The third kappa shape index (κ3) is 4.15. The number of rotatable bonds is 8. The maximum atomic E-state index is 5.04. The lowest BCUT2D eigenvalue weighted by atomic mass is 10.2. The van der Waals surface area contributed by atoms with Gasteiger partial charge in [-0.2, -0.15) is 4.98 Å². The molecule has 0 bridgehead atoms. The minimum Gasteiger partial charge on any atom is -0.340 e. The zero-order chi connectivity index (χ0) is 16.9. The molecule has 0 aromatic carbocycles. The summed E-state index contributed by atoms with van der Waals surface area (Å²) in [6, 6.07) is 0.490. The Balaban J connectivity index is 1.51. The zero-order valence-corrected chi connectivity index (χ0v) is 14.7. The second-order valence-corrected chi connectivity index (χ2v) is 6.49. The van der Waals surface area contributed by atoms with E-state index in [9.17, 15) is 0 Å². The molecule has 1 fully saturated rings. The normalized spacial score (nSPS) is 18.8. The van der Waals surface area contributed by atoms with Crippen molar-refractivity contribution >= 4 is 0 Å². The van der Waals surface area contributed by atoms with Crippen LogP contribution in [0.2, 0.25) is 0 Å². The molecular weight excluding hydrogens is 308 g/mol. The summed E-state index contributed by atoms with van der Waals surface area (Å²) in [4.78, 5) is 8.99. The van der Waals surface area contributed by atoms with Crippen LogP contribution in [0.3, 0.4) is 0 Å². The van der Waals surface area contributed by atoms with Crippen LogP contribution in [-0.4, -0.2) is 66.3 Å². The summed E-state index contributed by atoms with van der Waals surface area (Å²) in [5.41, 5.74) is 0.